The Morgan fingerprint density at radius 1 is 1.37 bits per heavy atom. The number of hydrogen-bond donors (Lipinski definition) is 2. The number of hydrogen-bond acceptors (Lipinski definition) is 7. The van der Waals surface area contributed by atoms with Crippen LogP contribution in [0.1, 0.15) is 18.4 Å². The molecule has 0 radical (unpaired) electrons. The number of nitrogens with zero attached hydrogens (tertiary/aromatic N) is 1. The predicted octanol–water partition coefficient (Wildman–Crippen LogP) is 2.50. The molecule has 0 aliphatic heterocycles. The van der Waals surface area contributed by atoms with Crippen LogP contribution < -0.4 is 4.74 Å². The molecule has 2 N–H and O–H groups in total. The molecule has 9 heteroatoms. The summed E-state index contributed by atoms with van der Waals surface area (Å²) in [5, 5.41) is 27.6. The Hall–Kier alpha value is -3.62. The minimum Gasteiger partial charge on any atom is -0.508 e. The Bertz CT molecular complexity index is 825. The molecule has 1 aromatic rings. The Morgan fingerprint density at radius 3 is 2.85 bits per heavy atom. The molecule has 0 heterocycles. The summed E-state index contributed by atoms with van der Waals surface area (Å²) in [6.45, 7) is -0.162. The molecule has 1 aromatic carbocycles. The Balaban J connectivity index is 1.98. The molecule has 0 saturated heterocycles. The van der Waals surface area contributed by atoms with Gasteiger partial charge in [-0.1, -0.05) is 18.2 Å². The maximum absolute atomic E-state index is 12.2. The zero-order valence-corrected chi connectivity index (χ0v) is 14.1. The molecule has 1 aliphatic carbocycles. The van der Waals surface area contributed by atoms with E-state index in [4.69, 9.17) is 9.84 Å². The van der Waals surface area contributed by atoms with Gasteiger partial charge in [-0.25, -0.2) is 4.79 Å². The van der Waals surface area contributed by atoms with Crippen molar-refractivity contribution in [3.8, 4) is 11.5 Å². The molecule has 1 aliphatic rings. The van der Waals surface area contributed by atoms with Crippen LogP contribution in [-0.4, -0.2) is 33.8 Å². The summed E-state index contributed by atoms with van der Waals surface area (Å²) in [5.74, 6) is -1.93. The van der Waals surface area contributed by atoms with Gasteiger partial charge >= 0.3 is 11.9 Å². The second kappa shape index (κ2) is 9.18. The van der Waals surface area contributed by atoms with Crippen molar-refractivity contribution in [1.29, 1.82) is 0 Å². The zero-order chi connectivity index (χ0) is 19.8. The van der Waals surface area contributed by atoms with E-state index in [1.807, 2.05) is 0 Å². The number of carbonyl (C=O) groups excluding carboxylic acids is 1. The molecular formula is C18H17NO8. The van der Waals surface area contributed by atoms with E-state index < -0.39 is 17.0 Å². The Labute approximate surface area is 153 Å². The van der Waals surface area contributed by atoms with Crippen LogP contribution in [0, 0.1) is 16.0 Å². The average molecular weight is 375 g/mol. The highest BCUT2D eigenvalue weighted by Gasteiger charge is 2.18. The number of carbonyl (C=O) groups is 2. The van der Waals surface area contributed by atoms with E-state index in [1.54, 1.807) is 18.2 Å². The summed E-state index contributed by atoms with van der Waals surface area (Å²) in [6.07, 6.45) is 7.69. The first kappa shape index (κ1) is 19.7. The summed E-state index contributed by atoms with van der Waals surface area (Å²) < 4.78 is 5.28. The van der Waals surface area contributed by atoms with Crippen molar-refractivity contribution in [3.05, 3.63) is 63.8 Å². The number of benzene rings is 1. The third kappa shape index (κ3) is 6.65. The standard InChI is InChI=1S/C18H17NO8/c20-15-5-6-16(14(10-15)4-7-17(21)22)27-18(23)9-12-2-1-3-13(8-12)11-26-19(24)25/h1-7,10,12,20H,8-9,11H2,(H,21,22). The quantitative estimate of drug-likeness (QED) is 0.232. The van der Waals surface area contributed by atoms with Crippen LogP contribution >= 0.6 is 0 Å². The van der Waals surface area contributed by atoms with Gasteiger partial charge in [0.25, 0.3) is 5.09 Å². The summed E-state index contributed by atoms with van der Waals surface area (Å²) in [6, 6.07) is 3.96. The number of phenolic OH excluding ortho intramolecular Hbond substituents is 1. The van der Waals surface area contributed by atoms with E-state index in [9.17, 15) is 24.8 Å². The SMILES string of the molecule is O=C(O)C=Cc1cc(O)ccc1OC(=O)CC1C=CC=C(CO[N+](=O)[O-])C1. The number of ether oxygens (including phenoxy) is 1. The lowest BCUT2D eigenvalue weighted by molar-refractivity contribution is -0.755. The van der Waals surface area contributed by atoms with Crippen LogP contribution in [0.15, 0.2) is 48.1 Å². The van der Waals surface area contributed by atoms with Crippen LogP contribution in [0.5, 0.6) is 11.5 Å². The van der Waals surface area contributed by atoms with Gasteiger partial charge in [0.15, 0.2) is 0 Å². The van der Waals surface area contributed by atoms with E-state index in [1.165, 1.54) is 24.3 Å². The van der Waals surface area contributed by atoms with Gasteiger partial charge in [-0.15, -0.1) is 10.1 Å². The highest BCUT2D eigenvalue weighted by atomic mass is 16.9. The minimum absolute atomic E-state index is 0.0231. The fourth-order valence-corrected chi connectivity index (χ4v) is 2.50. The molecule has 0 fully saturated rings. The molecule has 0 amide bonds. The van der Waals surface area contributed by atoms with E-state index in [-0.39, 0.29) is 36.0 Å². The monoisotopic (exact) mass is 375 g/mol. The van der Waals surface area contributed by atoms with Crippen molar-refractivity contribution in [2.75, 3.05) is 6.61 Å². The van der Waals surface area contributed by atoms with Gasteiger partial charge in [-0.2, -0.15) is 0 Å². The highest BCUT2D eigenvalue weighted by molar-refractivity contribution is 5.86. The first-order valence-electron chi connectivity index (χ1n) is 7.91. The lowest BCUT2D eigenvalue weighted by Crippen LogP contribution is -2.16. The van der Waals surface area contributed by atoms with Crippen molar-refractivity contribution in [1.82, 2.24) is 0 Å². The van der Waals surface area contributed by atoms with E-state index in [0.29, 0.717) is 12.0 Å². The van der Waals surface area contributed by atoms with Crippen molar-refractivity contribution in [2.24, 2.45) is 5.92 Å². The number of carboxylic acids is 1. The van der Waals surface area contributed by atoms with Crippen LogP contribution in [0.25, 0.3) is 6.08 Å². The van der Waals surface area contributed by atoms with Crippen molar-refractivity contribution in [2.45, 2.75) is 12.8 Å². The predicted molar refractivity (Wildman–Crippen MR) is 93.3 cm³/mol. The summed E-state index contributed by atoms with van der Waals surface area (Å²) >= 11 is 0. The van der Waals surface area contributed by atoms with Crippen LogP contribution in [0.4, 0.5) is 0 Å². The third-order valence-corrected chi connectivity index (χ3v) is 3.65. The molecule has 0 bridgehead atoms. The first-order chi connectivity index (χ1) is 12.8. The largest absolute Gasteiger partial charge is 0.508 e. The first-order valence-corrected chi connectivity index (χ1v) is 7.91. The smallest absolute Gasteiger partial charge is 0.328 e. The molecule has 0 spiro atoms. The fourth-order valence-electron chi connectivity index (χ4n) is 2.50. The second-order valence-electron chi connectivity index (χ2n) is 5.74. The van der Waals surface area contributed by atoms with Crippen molar-refractivity contribution in [3.63, 3.8) is 0 Å². The van der Waals surface area contributed by atoms with Gasteiger partial charge in [-0.05, 0) is 42.2 Å². The molecular weight excluding hydrogens is 358 g/mol. The van der Waals surface area contributed by atoms with Crippen LogP contribution in [0.3, 0.4) is 0 Å². The van der Waals surface area contributed by atoms with Gasteiger partial charge < -0.3 is 19.8 Å². The number of allylic oxidation sites excluding steroid dienone is 3. The Morgan fingerprint density at radius 2 is 2.15 bits per heavy atom. The fraction of sp³-hybridized carbons (Fsp3) is 0.222. The maximum Gasteiger partial charge on any atom is 0.328 e. The van der Waals surface area contributed by atoms with Crippen LogP contribution in [-0.2, 0) is 14.4 Å². The highest BCUT2D eigenvalue weighted by Crippen LogP contribution is 2.27. The van der Waals surface area contributed by atoms with Crippen molar-refractivity contribution < 1.29 is 34.5 Å². The number of rotatable bonds is 8. The molecule has 0 saturated carbocycles. The van der Waals surface area contributed by atoms with E-state index in [2.05, 4.69) is 4.84 Å². The number of carboxylic acid groups (broad SMARTS) is 1. The molecule has 27 heavy (non-hydrogen) atoms. The van der Waals surface area contributed by atoms with E-state index in [0.717, 1.165) is 6.08 Å². The van der Waals surface area contributed by atoms with Gasteiger partial charge in [0.05, 0.1) is 6.42 Å². The third-order valence-electron chi connectivity index (χ3n) is 3.65. The Kier molecular flexibility index (Phi) is 6.70. The van der Waals surface area contributed by atoms with Crippen LogP contribution in [0.2, 0.25) is 0 Å². The lowest BCUT2D eigenvalue weighted by atomic mass is 9.92. The summed E-state index contributed by atoms with van der Waals surface area (Å²) in [5.41, 5.74) is 0.923. The summed E-state index contributed by atoms with van der Waals surface area (Å²) in [7, 11) is 0. The number of phenols is 1. The number of esters is 1. The van der Waals surface area contributed by atoms with E-state index >= 15 is 0 Å². The minimum atomic E-state index is -1.18. The average Bonchev–Trinajstić information content (AvgIpc) is 2.60. The molecule has 9 nitrogen and oxygen atoms in total. The second-order valence-corrected chi connectivity index (χ2v) is 5.74. The lowest BCUT2D eigenvalue weighted by Gasteiger charge is -2.17. The van der Waals surface area contributed by atoms with Crippen molar-refractivity contribution >= 4 is 18.0 Å². The molecule has 0 aromatic heterocycles. The maximum atomic E-state index is 12.2. The van der Waals surface area contributed by atoms with Gasteiger partial charge in [0.1, 0.15) is 18.1 Å². The normalized spacial score (nSPS) is 16.0. The zero-order valence-electron chi connectivity index (χ0n) is 14.1. The van der Waals surface area contributed by atoms with Gasteiger partial charge in [0, 0.05) is 11.6 Å². The topological polar surface area (TPSA) is 136 Å². The van der Waals surface area contributed by atoms with Gasteiger partial charge in [0.2, 0.25) is 0 Å². The summed E-state index contributed by atoms with van der Waals surface area (Å²) in [4.78, 5) is 37.5. The molecule has 142 valence electrons. The molecule has 1 unspecified atom stereocenters. The number of aromatic hydroxyl groups is 1. The molecule has 1 atom stereocenters. The van der Waals surface area contributed by atoms with Gasteiger partial charge in [-0.3, -0.25) is 4.79 Å². The molecule has 2 rings (SSSR count). The number of aliphatic carboxylic acids is 1.